The zero-order chi connectivity index (χ0) is 13.8. The van der Waals surface area contributed by atoms with E-state index in [9.17, 15) is 5.26 Å². The predicted octanol–water partition coefficient (Wildman–Crippen LogP) is 2.06. The highest BCUT2D eigenvalue weighted by atomic mass is 15.1. The fourth-order valence-electron chi connectivity index (χ4n) is 2.69. The maximum absolute atomic E-state index is 9.18. The number of hydrogen-bond donors (Lipinski definition) is 2. The second-order valence-electron chi connectivity index (χ2n) is 5.06. The topological polar surface area (TPSA) is 73.6 Å². The highest BCUT2D eigenvalue weighted by Crippen LogP contribution is 2.23. The molecule has 0 aliphatic carbocycles. The van der Waals surface area contributed by atoms with Gasteiger partial charge in [-0.1, -0.05) is 18.2 Å². The normalized spacial score (nSPS) is 18.1. The van der Waals surface area contributed by atoms with Crippen molar-refractivity contribution in [2.45, 2.75) is 25.3 Å². The lowest BCUT2D eigenvalue weighted by Crippen LogP contribution is -2.24. The number of benzene rings is 1. The first-order valence-electron chi connectivity index (χ1n) is 7.01. The van der Waals surface area contributed by atoms with Gasteiger partial charge in [0.1, 0.15) is 6.07 Å². The van der Waals surface area contributed by atoms with Crippen LogP contribution in [0.25, 0.3) is 10.9 Å². The summed E-state index contributed by atoms with van der Waals surface area (Å²) in [5.41, 5.74) is 1.98. The monoisotopic (exact) mass is 267 g/mol. The second kappa shape index (κ2) is 5.85. The van der Waals surface area contributed by atoms with Crippen LogP contribution in [0.2, 0.25) is 0 Å². The maximum atomic E-state index is 9.18. The van der Waals surface area contributed by atoms with Gasteiger partial charge in [0.25, 0.3) is 0 Å². The third-order valence-corrected chi connectivity index (χ3v) is 3.73. The van der Waals surface area contributed by atoms with Crippen molar-refractivity contribution in [3.8, 4) is 6.07 Å². The fraction of sp³-hybridized carbons (Fsp3) is 0.400. The van der Waals surface area contributed by atoms with E-state index >= 15 is 0 Å². The zero-order valence-electron chi connectivity index (χ0n) is 11.3. The minimum Gasteiger partial charge on any atom is -0.382 e. The summed E-state index contributed by atoms with van der Waals surface area (Å²) < 4.78 is 0. The Morgan fingerprint density at radius 2 is 2.25 bits per heavy atom. The molecule has 1 atom stereocenters. The molecule has 20 heavy (non-hydrogen) atoms. The highest BCUT2D eigenvalue weighted by molar-refractivity contribution is 5.92. The van der Waals surface area contributed by atoms with Gasteiger partial charge in [-0.15, -0.1) is 10.2 Å². The number of anilines is 1. The summed E-state index contributed by atoms with van der Waals surface area (Å²) in [5.74, 6) is 0. The number of nitrogens with zero attached hydrogens (tertiary/aromatic N) is 3. The molecule has 1 aromatic heterocycles. The minimum absolute atomic E-state index is 0.364. The molecule has 5 nitrogen and oxygen atoms in total. The van der Waals surface area contributed by atoms with Crippen molar-refractivity contribution >= 4 is 16.6 Å². The van der Waals surface area contributed by atoms with Crippen molar-refractivity contribution in [2.24, 2.45) is 0 Å². The van der Waals surface area contributed by atoms with E-state index in [2.05, 4.69) is 26.9 Å². The molecule has 2 N–H and O–H groups in total. The summed E-state index contributed by atoms with van der Waals surface area (Å²) in [7, 11) is 0. The van der Waals surface area contributed by atoms with Crippen LogP contribution in [0.4, 0.5) is 5.69 Å². The van der Waals surface area contributed by atoms with Crippen LogP contribution in [0.3, 0.4) is 0 Å². The molecule has 1 aromatic carbocycles. The third kappa shape index (κ3) is 2.56. The molecule has 0 bridgehead atoms. The third-order valence-electron chi connectivity index (χ3n) is 3.73. The van der Waals surface area contributed by atoms with E-state index in [-0.39, 0.29) is 0 Å². The number of nitriles is 1. The average Bonchev–Trinajstić information content (AvgIpc) is 3.00. The van der Waals surface area contributed by atoms with E-state index in [0.717, 1.165) is 36.1 Å². The second-order valence-corrected chi connectivity index (χ2v) is 5.06. The van der Waals surface area contributed by atoms with Crippen LogP contribution in [0.5, 0.6) is 0 Å². The van der Waals surface area contributed by atoms with Crippen LogP contribution in [-0.4, -0.2) is 29.3 Å². The first-order chi connectivity index (χ1) is 9.88. The van der Waals surface area contributed by atoms with Crippen LogP contribution < -0.4 is 10.6 Å². The molecule has 0 saturated carbocycles. The van der Waals surface area contributed by atoms with Gasteiger partial charge in [-0.05, 0) is 31.9 Å². The predicted molar refractivity (Wildman–Crippen MR) is 78.4 cm³/mol. The molecule has 0 unspecified atom stereocenters. The lowest BCUT2D eigenvalue weighted by atomic mass is 10.1. The van der Waals surface area contributed by atoms with E-state index in [1.54, 1.807) is 0 Å². The fourth-order valence-corrected chi connectivity index (χ4v) is 2.69. The van der Waals surface area contributed by atoms with Gasteiger partial charge in [0.2, 0.25) is 0 Å². The molecule has 2 aromatic rings. The summed E-state index contributed by atoms with van der Waals surface area (Å²) in [6.07, 6.45) is 3.55. The first kappa shape index (κ1) is 12.8. The summed E-state index contributed by atoms with van der Waals surface area (Å²) in [6.45, 7) is 1.95. The Labute approximate surface area is 118 Å². The quantitative estimate of drug-likeness (QED) is 0.887. The molecule has 0 spiro atoms. The summed E-state index contributed by atoms with van der Waals surface area (Å²) in [5, 5.41) is 25.0. The van der Waals surface area contributed by atoms with E-state index in [0.29, 0.717) is 11.7 Å². The van der Waals surface area contributed by atoms with Gasteiger partial charge in [0.15, 0.2) is 5.69 Å². The molecular formula is C15H17N5. The van der Waals surface area contributed by atoms with Gasteiger partial charge in [-0.2, -0.15) is 5.26 Å². The molecule has 1 fully saturated rings. The van der Waals surface area contributed by atoms with Gasteiger partial charge < -0.3 is 10.6 Å². The summed E-state index contributed by atoms with van der Waals surface area (Å²) in [6, 6.07) is 10.5. The Balaban J connectivity index is 1.79. The maximum Gasteiger partial charge on any atom is 0.186 e. The Morgan fingerprint density at radius 1 is 1.35 bits per heavy atom. The molecular weight excluding hydrogens is 250 g/mol. The van der Waals surface area contributed by atoms with Crippen molar-refractivity contribution in [3.63, 3.8) is 0 Å². The zero-order valence-corrected chi connectivity index (χ0v) is 11.3. The van der Waals surface area contributed by atoms with Crippen LogP contribution in [0.1, 0.15) is 25.0 Å². The largest absolute Gasteiger partial charge is 0.382 e. The molecule has 0 radical (unpaired) electrons. The molecule has 1 aliphatic rings. The number of aromatic nitrogens is 2. The van der Waals surface area contributed by atoms with Gasteiger partial charge in [-0.25, -0.2) is 0 Å². The van der Waals surface area contributed by atoms with Gasteiger partial charge in [-0.3, -0.25) is 0 Å². The molecule has 0 amide bonds. The Hall–Kier alpha value is -2.19. The van der Waals surface area contributed by atoms with Crippen LogP contribution >= 0.6 is 0 Å². The lowest BCUT2D eigenvalue weighted by molar-refractivity contribution is 0.574. The highest BCUT2D eigenvalue weighted by Gasteiger charge is 2.14. The van der Waals surface area contributed by atoms with Gasteiger partial charge in [0, 0.05) is 18.0 Å². The SMILES string of the molecule is N#Cc1nnc2ccccc2c1NCC[C@H]1CCCN1. The van der Waals surface area contributed by atoms with Gasteiger partial charge in [0.05, 0.1) is 11.2 Å². The molecule has 5 heteroatoms. The standard InChI is InChI=1S/C15H17N5/c16-10-14-15(18-9-7-11-4-3-8-17-11)12-5-1-2-6-13(12)19-20-14/h1-2,5-6,11,17H,3-4,7-9H2,(H,18,19)/t11-/m1/s1. The number of fused-ring (bicyclic) bond motifs is 1. The van der Waals surface area contributed by atoms with Crippen molar-refractivity contribution < 1.29 is 0 Å². The molecule has 1 saturated heterocycles. The van der Waals surface area contributed by atoms with Crippen molar-refractivity contribution in [1.29, 1.82) is 5.26 Å². The van der Waals surface area contributed by atoms with Crippen molar-refractivity contribution in [3.05, 3.63) is 30.0 Å². The van der Waals surface area contributed by atoms with E-state index in [4.69, 9.17) is 0 Å². The Morgan fingerprint density at radius 3 is 3.05 bits per heavy atom. The van der Waals surface area contributed by atoms with Crippen LogP contribution in [0, 0.1) is 11.3 Å². The first-order valence-corrected chi connectivity index (χ1v) is 7.01. The summed E-state index contributed by atoms with van der Waals surface area (Å²) >= 11 is 0. The Kier molecular flexibility index (Phi) is 3.75. The molecule has 3 rings (SSSR count). The number of nitrogens with one attached hydrogen (secondary N) is 2. The number of rotatable bonds is 4. The number of hydrogen-bond acceptors (Lipinski definition) is 5. The van der Waals surface area contributed by atoms with Crippen molar-refractivity contribution in [1.82, 2.24) is 15.5 Å². The Bertz CT molecular complexity index is 640. The molecule has 102 valence electrons. The molecule has 2 heterocycles. The smallest absolute Gasteiger partial charge is 0.186 e. The van der Waals surface area contributed by atoms with E-state index < -0.39 is 0 Å². The van der Waals surface area contributed by atoms with E-state index in [1.807, 2.05) is 24.3 Å². The van der Waals surface area contributed by atoms with Crippen molar-refractivity contribution in [2.75, 3.05) is 18.4 Å². The molecule has 1 aliphatic heterocycles. The minimum atomic E-state index is 0.364. The summed E-state index contributed by atoms with van der Waals surface area (Å²) in [4.78, 5) is 0. The lowest BCUT2D eigenvalue weighted by Gasteiger charge is -2.13. The average molecular weight is 267 g/mol. The van der Waals surface area contributed by atoms with Crippen LogP contribution in [-0.2, 0) is 0 Å². The van der Waals surface area contributed by atoms with E-state index in [1.165, 1.54) is 12.8 Å². The van der Waals surface area contributed by atoms with Gasteiger partial charge >= 0.3 is 0 Å². The van der Waals surface area contributed by atoms with Crippen LogP contribution in [0.15, 0.2) is 24.3 Å².